The maximum atomic E-state index is 5.89. The van der Waals surface area contributed by atoms with Gasteiger partial charge >= 0.3 is 0 Å². The van der Waals surface area contributed by atoms with Crippen LogP contribution in [0.2, 0.25) is 0 Å². The predicted octanol–water partition coefficient (Wildman–Crippen LogP) is 1.56. The van der Waals surface area contributed by atoms with Gasteiger partial charge < -0.3 is 11.1 Å². The van der Waals surface area contributed by atoms with Gasteiger partial charge in [-0.05, 0) is 18.2 Å². The Balaban J connectivity index is 1.86. The van der Waals surface area contributed by atoms with E-state index in [1.54, 1.807) is 4.68 Å². The van der Waals surface area contributed by atoms with E-state index in [0.29, 0.717) is 18.2 Å². The maximum absolute atomic E-state index is 5.89. The molecule has 0 bridgehead atoms. The highest BCUT2D eigenvalue weighted by Crippen LogP contribution is 2.18. The average molecular weight is 254 g/mol. The van der Waals surface area contributed by atoms with E-state index < -0.39 is 0 Å². The summed E-state index contributed by atoms with van der Waals surface area (Å²) in [6.07, 6.45) is 1.90. The van der Waals surface area contributed by atoms with Crippen LogP contribution in [0.15, 0.2) is 36.5 Å². The number of nitrogen functional groups attached to an aromatic ring is 1. The van der Waals surface area contributed by atoms with Gasteiger partial charge in [-0.1, -0.05) is 12.1 Å². The van der Waals surface area contributed by atoms with E-state index in [4.69, 9.17) is 5.73 Å². The Morgan fingerprint density at radius 2 is 1.89 bits per heavy atom. The largest absolute Gasteiger partial charge is 0.381 e. The van der Waals surface area contributed by atoms with Gasteiger partial charge in [-0.25, -0.2) is 9.97 Å². The van der Waals surface area contributed by atoms with Crippen molar-refractivity contribution in [3.8, 4) is 0 Å². The molecule has 0 radical (unpaired) electrons. The average Bonchev–Trinajstić information content (AvgIpc) is 2.82. The van der Waals surface area contributed by atoms with E-state index in [2.05, 4.69) is 20.4 Å². The summed E-state index contributed by atoms with van der Waals surface area (Å²) in [6, 6.07) is 9.58. The molecule has 0 saturated heterocycles. The molecule has 0 aliphatic rings. The molecule has 2 heterocycles. The third kappa shape index (κ3) is 2.33. The standard InChI is InChI=1S/C13H14N6/c1-19-7-6-9(18-19)8-15-13-12(14)16-10-4-2-3-5-11(10)17-13/h2-7H,8H2,1H3,(H2,14,16)(H,15,17). The number of nitrogens with zero attached hydrogens (tertiary/aromatic N) is 4. The molecule has 0 fully saturated rings. The third-order valence-corrected chi connectivity index (χ3v) is 2.80. The number of aromatic nitrogens is 4. The summed E-state index contributed by atoms with van der Waals surface area (Å²) in [4.78, 5) is 8.78. The number of nitrogens with one attached hydrogen (secondary N) is 1. The van der Waals surface area contributed by atoms with Gasteiger partial charge in [-0.3, -0.25) is 4.68 Å². The summed E-state index contributed by atoms with van der Waals surface area (Å²) in [5, 5.41) is 7.44. The Kier molecular flexibility index (Phi) is 2.75. The van der Waals surface area contributed by atoms with Gasteiger partial charge in [-0.15, -0.1) is 0 Å². The fourth-order valence-electron chi connectivity index (χ4n) is 1.88. The minimum Gasteiger partial charge on any atom is -0.381 e. The molecule has 96 valence electrons. The van der Waals surface area contributed by atoms with Crippen molar-refractivity contribution in [1.29, 1.82) is 0 Å². The highest BCUT2D eigenvalue weighted by molar-refractivity contribution is 5.79. The molecule has 3 aromatic rings. The number of aryl methyl sites for hydroxylation is 1. The van der Waals surface area contributed by atoms with E-state index in [1.165, 1.54) is 0 Å². The van der Waals surface area contributed by atoms with E-state index in [-0.39, 0.29) is 0 Å². The van der Waals surface area contributed by atoms with E-state index >= 15 is 0 Å². The van der Waals surface area contributed by atoms with Crippen molar-refractivity contribution in [3.63, 3.8) is 0 Å². The number of hydrogen-bond acceptors (Lipinski definition) is 5. The Hall–Kier alpha value is -2.63. The molecule has 3 rings (SSSR count). The zero-order valence-corrected chi connectivity index (χ0v) is 10.5. The van der Waals surface area contributed by atoms with Crippen LogP contribution in [0.5, 0.6) is 0 Å². The summed E-state index contributed by atoms with van der Waals surface area (Å²) >= 11 is 0. The smallest absolute Gasteiger partial charge is 0.169 e. The Morgan fingerprint density at radius 1 is 1.16 bits per heavy atom. The first-order valence-electron chi connectivity index (χ1n) is 5.97. The lowest BCUT2D eigenvalue weighted by Gasteiger charge is -2.07. The minimum absolute atomic E-state index is 0.398. The lowest BCUT2D eigenvalue weighted by Crippen LogP contribution is -2.07. The zero-order chi connectivity index (χ0) is 13.2. The van der Waals surface area contributed by atoms with Crippen LogP contribution in [0.4, 0.5) is 11.6 Å². The number of rotatable bonds is 3. The quantitative estimate of drug-likeness (QED) is 0.741. The van der Waals surface area contributed by atoms with Crippen LogP contribution in [0, 0.1) is 0 Å². The molecular formula is C13H14N6. The number of benzene rings is 1. The highest BCUT2D eigenvalue weighted by Gasteiger charge is 2.06. The Morgan fingerprint density at radius 3 is 2.58 bits per heavy atom. The van der Waals surface area contributed by atoms with Crippen LogP contribution in [0.25, 0.3) is 11.0 Å². The summed E-state index contributed by atoms with van der Waals surface area (Å²) in [5.74, 6) is 0.985. The van der Waals surface area contributed by atoms with E-state index in [0.717, 1.165) is 16.7 Å². The molecule has 19 heavy (non-hydrogen) atoms. The van der Waals surface area contributed by atoms with Gasteiger partial charge in [-0.2, -0.15) is 5.10 Å². The van der Waals surface area contributed by atoms with Gasteiger partial charge in [0.25, 0.3) is 0 Å². The van der Waals surface area contributed by atoms with Crippen molar-refractivity contribution in [2.75, 3.05) is 11.1 Å². The fourth-order valence-corrected chi connectivity index (χ4v) is 1.88. The molecule has 0 aliphatic carbocycles. The first-order valence-corrected chi connectivity index (χ1v) is 5.97. The second-order valence-corrected chi connectivity index (χ2v) is 4.28. The predicted molar refractivity (Wildman–Crippen MR) is 74.5 cm³/mol. The fraction of sp³-hybridized carbons (Fsp3) is 0.154. The van der Waals surface area contributed by atoms with Crippen LogP contribution in [-0.4, -0.2) is 19.7 Å². The van der Waals surface area contributed by atoms with Crippen LogP contribution in [0.1, 0.15) is 5.69 Å². The van der Waals surface area contributed by atoms with Crippen LogP contribution in [-0.2, 0) is 13.6 Å². The topological polar surface area (TPSA) is 81.7 Å². The van der Waals surface area contributed by atoms with Gasteiger partial charge in [0.15, 0.2) is 11.6 Å². The molecule has 6 heteroatoms. The SMILES string of the molecule is Cn1ccc(CNc2nc3ccccc3nc2N)n1. The van der Waals surface area contributed by atoms with Crippen molar-refractivity contribution in [1.82, 2.24) is 19.7 Å². The summed E-state index contributed by atoms with van der Waals surface area (Å²) in [7, 11) is 1.88. The minimum atomic E-state index is 0.398. The Bertz CT molecular complexity index is 718. The zero-order valence-electron chi connectivity index (χ0n) is 10.5. The first kappa shape index (κ1) is 11.5. The van der Waals surface area contributed by atoms with E-state index in [9.17, 15) is 0 Å². The molecule has 3 N–H and O–H groups in total. The molecule has 0 aliphatic heterocycles. The van der Waals surface area contributed by atoms with Crippen molar-refractivity contribution >= 4 is 22.7 Å². The molecular weight excluding hydrogens is 240 g/mol. The van der Waals surface area contributed by atoms with Gasteiger partial charge in [0.2, 0.25) is 0 Å². The normalized spacial score (nSPS) is 10.8. The summed E-state index contributed by atoms with van der Waals surface area (Å²) < 4.78 is 1.76. The second kappa shape index (κ2) is 4.56. The number of hydrogen-bond donors (Lipinski definition) is 2. The van der Waals surface area contributed by atoms with Crippen LogP contribution in [0.3, 0.4) is 0 Å². The van der Waals surface area contributed by atoms with Gasteiger partial charge in [0.1, 0.15) is 0 Å². The second-order valence-electron chi connectivity index (χ2n) is 4.28. The van der Waals surface area contributed by atoms with Gasteiger partial charge in [0.05, 0.1) is 23.3 Å². The molecule has 0 atom stereocenters. The lowest BCUT2D eigenvalue weighted by atomic mass is 10.3. The highest BCUT2D eigenvalue weighted by atomic mass is 15.3. The molecule has 2 aromatic heterocycles. The van der Waals surface area contributed by atoms with Crippen LogP contribution < -0.4 is 11.1 Å². The van der Waals surface area contributed by atoms with Crippen molar-refractivity contribution in [3.05, 3.63) is 42.2 Å². The number of anilines is 2. The first-order chi connectivity index (χ1) is 9.22. The molecule has 0 amide bonds. The third-order valence-electron chi connectivity index (χ3n) is 2.80. The molecule has 1 aromatic carbocycles. The number of para-hydroxylation sites is 2. The van der Waals surface area contributed by atoms with Crippen molar-refractivity contribution < 1.29 is 0 Å². The van der Waals surface area contributed by atoms with Crippen molar-refractivity contribution in [2.45, 2.75) is 6.54 Å². The monoisotopic (exact) mass is 254 g/mol. The van der Waals surface area contributed by atoms with E-state index in [1.807, 2.05) is 43.6 Å². The Labute approximate surface area is 110 Å². The van der Waals surface area contributed by atoms with Gasteiger partial charge in [0, 0.05) is 13.2 Å². The van der Waals surface area contributed by atoms with Crippen molar-refractivity contribution in [2.24, 2.45) is 7.05 Å². The molecule has 6 nitrogen and oxygen atoms in total. The summed E-state index contributed by atoms with van der Waals surface area (Å²) in [5.41, 5.74) is 8.44. The number of nitrogens with two attached hydrogens (primary N) is 1. The molecule has 0 unspecified atom stereocenters. The lowest BCUT2D eigenvalue weighted by molar-refractivity contribution is 0.747. The number of fused-ring (bicyclic) bond motifs is 1. The molecule has 0 saturated carbocycles. The molecule has 0 spiro atoms. The summed E-state index contributed by atoms with van der Waals surface area (Å²) in [6.45, 7) is 0.568. The van der Waals surface area contributed by atoms with Crippen LogP contribution >= 0.6 is 0 Å². The maximum Gasteiger partial charge on any atom is 0.169 e.